The summed E-state index contributed by atoms with van der Waals surface area (Å²) in [7, 11) is 0. The Morgan fingerprint density at radius 1 is 0.852 bits per heavy atom. The number of phenolic OH excluding ortho intramolecular Hbond substituents is 1. The molecule has 4 heteroatoms. The highest BCUT2D eigenvalue weighted by Crippen LogP contribution is 2.40. The lowest BCUT2D eigenvalue weighted by Crippen LogP contribution is -1.99. The smallest absolute Gasteiger partial charge is 0.116 e. The number of hydrogen-bond donors (Lipinski definition) is 3. The maximum atomic E-state index is 10.1. The summed E-state index contributed by atoms with van der Waals surface area (Å²) in [5, 5.41) is 23.9. The second-order valence-corrected chi connectivity index (χ2v) is 6.90. The summed E-state index contributed by atoms with van der Waals surface area (Å²) in [6.45, 7) is 0.878. The molecule has 5 aromatic rings. The Kier molecular flexibility index (Phi) is 3.66. The zero-order valence-corrected chi connectivity index (χ0v) is 14.8. The molecule has 2 aromatic heterocycles. The molecule has 27 heavy (non-hydrogen) atoms. The van der Waals surface area contributed by atoms with E-state index in [-0.39, 0.29) is 12.4 Å². The first-order chi connectivity index (χ1) is 13.3. The van der Waals surface area contributed by atoms with E-state index in [4.69, 9.17) is 0 Å². The molecule has 0 fully saturated rings. The average molecular weight is 356 g/mol. The van der Waals surface area contributed by atoms with Crippen molar-refractivity contribution in [3.8, 4) is 16.9 Å². The molecule has 4 nitrogen and oxygen atoms in total. The summed E-state index contributed by atoms with van der Waals surface area (Å²) in [6.07, 6.45) is 4.76. The van der Waals surface area contributed by atoms with Crippen LogP contribution in [0.25, 0.3) is 43.7 Å². The lowest BCUT2D eigenvalue weighted by atomic mass is 9.97. The minimum Gasteiger partial charge on any atom is -0.508 e. The molecule has 0 saturated carbocycles. The highest BCUT2D eigenvalue weighted by atomic mass is 16.3. The third kappa shape index (κ3) is 2.41. The van der Waals surface area contributed by atoms with Gasteiger partial charge in [-0.2, -0.15) is 0 Å². The van der Waals surface area contributed by atoms with Crippen molar-refractivity contribution in [3.63, 3.8) is 0 Å². The molecule has 0 aliphatic heterocycles. The summed E-state index contributed by atoms with van der Waals surface area (Å²) in [5.41, 5.74) is 4.54. The zero-order chi connectivity index (χ0) is 18.4. The van der Waals surface area contributed by atoms with Crippen LogP contribution < -0.4 is 0 Å². The van der Waals surface area contributed by atoms with Gasteiger partial charge in [0, 0.05) is 52.6 Å². The molecule has 3 N–H and O–H groups in total. The summed E-state index contributed by atoms with van der Waals surface area (Å²) in [5.74, 6) is 0.263. The van der Waals surface area contributed by atoms with Crippen molar-refractivity contribution in [2.75, 3.05) is 6.61 Å². The number of aliphatic hydroxyl groups excluding tert-OH is 1. The van der Waals surface area contributed by atoms with Gasteiger partial charge in [-0.3, -0.25) is 0 Å². The summed E-state index contributed by atoms with van der Waals surface area (Å²) in [4.78, 5) is 3.26. The summed E-state index contributed by atoms with van der Waals surface area (Å²) in [6, 6.07) is 18.1. The second-order valence-electron chi connectivity index (χ2n) is 6.90. The van der Waals surface area contributed by atoms with Gasteiger partial charge in [0.1, 0.15) is 5.75 Å². The van der Waals surface area contributed by atoms with E-state index >= 15 is 0 Å². The molecule has 0 atom stereocenters. The Balaban J connectivity index is 1.95. The third-order valence-electron chi connectivity index (χ3n) is 5.30. The molecule has 0 amide bonds. The van der Waals surface area contributed by atoms with Crippen LogP contribution >= 0.6 is 0 Å². The normalized spacial score (nSPS) is 11.7. The second kappa shape index (κ2) is 6.18. The molecule has 3 aromatic carbocycles. The van der Waals surface area contributed by atoms with Crippen LogP contribution in [0.1, 0.15) is 6.42 Å². The van der Waals surface area contributed by atoms with Crippen molar-refractivity contribution in [2.24, 2.45) is 0 Å². The van der Waals surface area contributed by atoms with Gasteiger partial charge < -0.3 is 19.8 Å². The van der Waals surface area contributed by atoms with E-state index in [1.165, 1.54) is 16.5 Å². The van der Waals surface area contributed by atoms with E-state index in [0.29, 0.717) is 6.42 Å². The standard InChI is InChI=1S/C23H20N2O2/c26-10-4-9-25-21-8-7-16(27)11-18(21)23-20-14-24-13-19(20)17(12-22(23)25)15-5-2-1-3-6-15/h1-3,5-8,11-14,24,26-27H,4,9-10H2. The Bertz CT molecular complexity index is 1270. The van der Waals surface area contributed by atoms with Crippen LogP contribution in [0.2, 0.25) is 0 Å². The van der Waals surface area contributed by atoms with Gasteiger partial charge in [-0.1, -0.05) is 30.3 Å². The third-order valence-corrected chi connectivity index (χ3v) is 5.30. The fourth-order valence-electron chi connectivity index (χ4n) is 4.13. The van der Waals surface area contributed by atoms with Crippen molar-refractivity contribution in [3.05, 3.63) is 67.0 Å². The molecule has 0 spiro atoms. The average Bonchev–Trinajstić information content (AvgIpc) is 3.29. The number of aromatic hydroxyl groups is 1. The molecule has 5 rings (SSSR count). The highest BCUT2D eigenvalue weighted by molar-refractivity contribution is 6.23. The Morgan fingerprint density at radius 2 is 1.67 bits per heavy atom. The van der Waals surface area contributed by atoms with Gasteiger partial charge in [-0.25, -0.2) is 0 Å². The molecule has 134 valence electrons. The van der Waals surface area contributed by atoms with E-state index in [1.807, 2.05) is 30.6 Å². The fourth-order valence-corrected chi connectivity index (χ4v) is 4.13. The minimum atomic E-state index is 0.150. The first kappa shape index (κ1) is 16.0. The number of aromatic nitrogens is 2. The first-order valence-corrected chi connectivity index (χ1v) is 9.18. The molecule has 0 unspecified atom stereocenters. The predicted molar refractivity (Wildman–Crippen MR) is 110 cm³/mol. The van der Waals surface area contributed by atoms with Crippen LogP contribution in [0.5, 0.6) is 5.75 Å². The van der Waals surface area contributed by atoms with E-state index in [1.54, 1.807) is 6.07 Å². The molecule has 0 aliphatic rings. The Hall–Kier alpha value is -3.24. The number of phenols is 1. The van der Waals surface area contributed by atoms with Crippen molar-refractivity contribution in [1.82, 2.24) is 9.55 Å². The molecular weight excluding hydrogens is 336 g/mol. The quantitative estimate of drug-likeness (QED) is 0.423. The number of aryl methyl sites for hydroxylation is 1. The summed E-state index contributed by atoms with van der Waals surface area (Å²) < 4.78 is 2.25. The van der Waals surface area contributed by atoms with Crippen LogP contribution in [-0.2, 0) is 6.54 Å². The van der Waals surface area contributed by atoms with Gasteiger partial charge in [0.05, 0.1) is 5.52 Å². The maximum Gasteiger partial charge on any atom is 0.116 e. The lowest BCUT2D eigenvalue weighted by molar-refractivity contribution is 0.281. The van der Waals surface area contributed by atoms with E-state index < -0.39 is 0 Å². The Morgan fingerprint density at radius 3 is 2.48 bits per heavy atom. The number of nitrogens with one attached hydrogen (secondary N) is 1. The number of H-pyrrole nitrogens is 1. The minimum absolute atomic E-state index is 0.150. The molecule has 0 aliphatic carbocycles. The molecule has 0 bridgehead atoms. The predicted octanol–water partition coefficient (Wildman–Crippen LogP) is 5.03. The highest BCUT2D eigenvalue weighted by Gasteiger charge is 2.17. The topological polar surface area (TPSA) is 61.2 Å². The van der Waals surface area contributed by atoms with Crippen LogP contribution in [0.15, 0.2) is 67.0 Å². The lowest BCUT2D eigenvalue weighted by Gasteiger charge is -2.09. The van der Waals surface area contributed by atoms with Gasteiger partial charge in [0.15, 0.2) is 0 Å². The van der Waals surface area contributed by atoms with Gasteiger partial charge in [0.25, 0.3) is 0 Å². The number of rotatable bonds is 4. The molecule has 0 saturated heterocycles. The number of aromatic amines is 1. The fraction of sp³-hybridized carbons (Fsp3) is 0.130. The number of nitrogens with zero attached hydrogens (tertiary/aromatic N) is 1. The molecule has 0 radical (unpaired) electrons. The Labute approximate surface area is 156 Å². The van der Waals surface area contributed by atoms with Gasteiger partial charge in [0.2, 0.25) is 0 Å². The number of fused-ring (bicyclic) bond motifs is 5. The van der Waals surface area contributed by atoms with Crippen molar-refractivity contribution < 1.29 is 10.2 Å². The van der Waals surface area contributed by atoms with Crippen LogP contribution in [0, 0.1) is 0 Å². The largest absolute Gasteiger partial charge is 0.508 e. The zero-order valence-electron chi connectivity index (χ0n) is 14.8. The summed E-state index contributed by atoms with van der Waals surface area (Å²) >= 11 is 0. The monoisotopic (exact) mass is 356 g/mol. The number of aliphatic hydroxyl groups is 1. The number of hydrogen-bond acceptors (Lipinski definition) is 2. The number of benzene rings is 3. The van der Waals surface area contributed by atoms with Gasteiger partial charge in [-0.05, 0) is 41.8 Å². The first-order valence-electron chi connectivity index (χ1n) is 9.18. The van der Waals surface area contributed by atoms with Crippen LogP contribution in [-0.4, -0.2) is 26.4 Å². The van der Waals surface area contributed by atoms with Crippen LogP contribution in [0.4, 0.5) is 0 Å². The SMILES string of the molecule is OCCCn1c2ccc(O)cc2c2c3c[nH]cc3c(-c3ccccc3)cc21. The van der Waals surface area contributed by atoms with Crippen molar-refractivity contribution >= 4 is 32.6 Å². The molecular formula is C23H20N2O2. The van der Waals surface area contributed by atoms with E-state index in [2.05, 4.69) is 39.9 Å². The maximum absolute atomic E-state index is 10.1. The van der Waals surface area contributed by atoms with Crippen LogP contribution in [0.3, 0.4) is 0 Å². The van der Waals surface area contributed by atoms with Crippen molar-refractivity contribution in [1.29, 1.82) is 0 Å². The van der Waals surface area contributed by atoms with Gasteiger partial charge >= 0.3 is 0 Å². The van der Waals surface area contributed by atoms with Gasteiger partial charge in [-0.15, -0.1) is 0 Å². The molecule has 2 heterocycles. The van der Waals surface area contributed by atoms with Crippen molar-refractivity contribution in [2.45, 2.75) is 13.0 Å². The van der Waals surface area contributed by atoms with E-state index in [0.717, 1.165) is 33.7 Å². The van der Waals surface area contributed by atoms with E-state index in [9.17, 15) is 10.2 Å².